The standard InChI is InChI=1S/C21H20F2N4O5S/c1-3-8-31-20(30)15-10(2)16(17(24)28)33-19(15)25-18(29)14-9-13(26-27-14)11-4-6-12(7-5-11)32-21(22)23/h4-7,9,21H,3,8H2,1-2H3,(H2,24,28)(H,25,29)(H,26,27). The van der Waals surface area contributed by atoms with Crippen LogP contribution in [-0.2, 0) is 4.74 Å². The van der Waals surface area contributed by atoms with Gasteiger partial charge in [0.15, 0.2) is 0 Å². The maximum Gasteiger partial charge on any atom is 0.387 e. The highest BCUT2D eigenvalue weighted by Crippen LogP contribution is 2.34. The summed E-state index contributed by atoms with van der Waals surface area (Å²) >= 11 is 0.872. The molecule has 0 aliphatic heterocycles. The van der Waals surface area contributed by atoms with Gasteiger partial charge in [0.2, 0.25) is 0 Å². The van der Waals surface area contributed by atoms with Gasteiger partial charge in [0.25, 0.3) is 11.8 Å². The zero-order chi connectivity index (χ0) is 24.1. The second-order valence-corrected chi connectivity index (χ2v) is 7.80. The number of aromatic amines is 1. The van der Waals surface area contributed by atoms with Crippen molar-refractivity contribution in [1.82, 2.24) is 10.2 Å². The molecule has 174 valence electrons. The molecular weight excluding hydrogens is 458 g/mol. The van der Waals surface area contributed by atoms with Gasteiger partial charge in [-0.05, 0) is 49.2 Å². The summed E-state index contributed by atoms with van der Waals surface area (Å²) in [6, 6.07) is 7.18. The number of rotatable bonds is 9. The van der Waals surface area contributed by atoms with E-state index in [1.807, 2.05) is 6.92 Å². The summed E-state index contributed by atoms with van der Waals surface area (Å²) in [6.07, 6.45) is 0.603. The van der Waals surface area contributed by atoms with Crippen molar-refractivity contribution in [3.63, 3.8) is 0 Å². The predicted molar refractivity (Wildman–Crippen MR) is 117 cm³/mol. The zero-order valence-corrected chi connectivity index (χ0v) is 18.4. The van der Waals surface area contributed by atoms with Crippen molar-refractivity contribution < 1.29 is 32.6 Å². The molecule has 0 aliphatic rings. The lowest BCUT2D eigenvalue weighted by Gasteiger charge is -2.07. The van der Waals surface area contributed by atoms with Gasteiger partial charge in [-0.15, -0.1) is 11.3 Å². The van der Waals surface area contributed by atoms with Gasteiger partial charge in [0.1, 0.15) is 16.4 Å². The average molecular weight is 478 g/mol. The molecule has 2 aromatic heterocycles. The molecule has 2 amide bonds. The van der Waals surface area contributed by atoms with Crippen LogP contribution in [0.5, 0.6) is 5.75 Å². The number of aromatic nitrogens is 2. The molecule has 3 aromatic rings. The van der Waals surface area contributed by atoms with Crippen molar-refractivity contribution in [1.29, 1.82) is 0 Å². The molecule has 2 heterocycles. The van der Waals surface area contributed by atoms with E-state index in [2.05, 4.69) is 20.3 Å². The van der Waals surface area contributed by atoms with Crippen molar-refractivity contribution in [3.05, 3.63) is 52.0 Å². The molecule has 0 spiro atoms. The Hall–Kier alpha value is -3.80. The van der Waals surface area contributed by atoms with Gasteiger partial charge in [0.05, 0.1) is 22.7 Å². The van der Waals surface area contributed by atoms with E-state index in [9.17, 15) is 23.2 Å². The molecule has 12 heteroatoms. The van der Waals surface area contributed by atoms with Gasteiger partial charge < -0.3 is 20.5 Å². The average Bonchev–Trinajstić information content (AvgIpc) is 3.37. The van der Waals surface area contributed by atoms with Crippen molar-refractivity contribution in [3.8, 4) is 17.0 Å². The Morgan fingerprint density at radius 3 is 2.55 bits per heavy atom. The highest BCUT2D eigenvalue weighted by Gasteiger charge is 2.26. The van der Waals surface area contributed by atoms with Gasteiger partial charge in [0, 0.05) is 5.56 Å². The first-order chi connectivity index (χ1) is 15.7. The van der Waals surface area contributed by atoms with Crippen molar-refractivity contribution >= 4 is 34.1 Å². The highest BCUT2D eigenvalue weighted by molar-refractivity contribution is 7.18. The minimum Gasteiger partial charge on any atom is -0.462 e. The fourth-order valence-corrected chi connectivity index (χ4v) is 3.95. The van der Waals surface area contributed by atoms with Crippen LogP contribution in [0.25, 0.3) is 11.3 Å². The Kier molecular flexibility index (Phi) is 7.38. The topological polar surface area (TPSA) is 136 Å². The van der Waals surface area contributed by atoms with E-state index >= 15 is 0 Å². The number of halogens is 2. The molecule has 0 radical (unpaired) electrons. The normalized spacial score (nSPS) is 10.8. The van der Waals surface area contributed by atoms with E-state index < -0.39 is 24.4 Å². The number of thiophene rings is 1. The summed E-state index contributed by atoms with van der Waals surface area (Å²) in [4.78, 5) is 37.1. The van der Waals surface area contributed by atoms with E-state index in [0.717, 1.165) is 11.3 Å². The Bertz CT molecular complexity index is 1170. The Labute approximate surface area is 190 Å². The number of anilines is 1. The summed E-state index contributed by atoms with van der Waals surface area (Å²) in [6.45, 7) is 0.625. The van der Waals surface area contributed by atoms with E-state index in [1.165, 1.54) is 30.3 Å². The largest absolute Gasteiger partial charge is 0.462 e. The van der Waals surface area contributed by atoms with Crippen LogP contribution in [0.3, 0.4) is 0 Å². The second kappa shape index (κ2) is 10.2. The Balaban J connectivity index is 1.82. The number of nitrogens with one attached hydrogen (secondary N) is 2. The second-order valence-electron chi connectivity index (χ2n) is 6.78. The number of hydrogen-bond donors (Lipinski definition) is 3. The number of hydrogen-bond acceptors (Lipinski definition) is 7. The monoisotopic (exact) mass is 478 g/mol. The third-order valence-corrected chi connectivity index (χ3v) is 5.66. The van der Waals surface area contributed by atoms with Crippen LogP contribution in [0, 0.1) is 6.92 Å². The molecule has 0 unspecified atom stereocenters. The van der Waals surface area contributed by atoms with Crippen LogP contribution in [0.15, 0.2) is 30.3 Å². The van der Waals surface area contributed by atoms with Crippen LogP contribution in [0.1, 0.15) is 49.4 Å². The minimum atomic E-state index is -2.93. The van der Waals surface area contributed by atoms with E-state index in [1.54, 1.807) is 6.92 Å². The number of nitrogens with zero attached hydrogens (tertiary/aromatic N) is 1. The molecule has 0 fully saturated rings. The van der Waals surface area contributed by atoms with Crippen LogP contribution in [-0.4, -0.2) is 41.2 Å². The van der Waals surface area contributed by atoms with Gasteiger partial charge in [-0.1, -0.05) is 6.92 Å². The summed E-state index contributed by atoms with van der Waals surface area (Å²) in [5.74, 6) is -2.04. The number of primary amides is 1. The molecule has 3 rings (SSSR count). The smallest absolute Gasteiger partial charge is 0.387 e. The number of alkyl halides is 2. The first kappa shape index (κ1) is 23.9. The summed E-state index contributed by atoms with van der Waals surface area (Å²) in [7, 11) is 0. The van der Waals surface area contributed by atoms with Crippen LogP contribution in [0.2, 0.25) is 0 Å². The summed E-state index contributed by atoms with van der Waals surface area (Å²) in [5.41, 5.74) is 6.77. The first-order valence-electron chi connectivity index (χ1n) is 9.73. The van der Waals surface area contributed by atoms with E-state index in [4.69, 9.17) is 10.5 Å². The fraction of sp³-hybridized carbons (Fsp3) is 0.238. The van der Waals surface area contributed by atoms with Crippen molar-refractivity contribution in [2.24, 2.45) is 5.73 Å². The Morgan fingerprint density at radius 1 is 1.24 bits per heavy atom. The zero-order valence-electron chi connectivity index (χ0n) is 17.6. The molecule has 0 atom stereocenters. The van der Waals surface area contributed by atoms with E-state index in [-0.39, 0.29) is 33.5 Å². The van der Waals surface area contributed by atoms with Crippen LogP contribution in [0.4, 0.5) is 13.8 Å². The van der Waals surface area contributed by atoms with Crippen LogP contribution < -0.4 is 15.8 Å². The number of ether oxygens (including phenoxy) is 2. The molecule has 1 aromatic carbocycles. The molecule has 0 saturated heterocycles. The maximum absolute atomic E-state index is 12.8. The molecule has 0 bridgehead atoms. The van der Waals surface area contributed by atoms with Crippen molar-refractivity contribution in [2.45, 2.75) is 26.9 Å². The molecule has 4 N–H and O–H groups in total. The lowest BCUT2D eigenvalue weighted by atomic mass is 10.1. The fourth-order valence-electron chi connectivity index (χ4n) is 2.91. The first-order valence-corrected chi connectivity index (χ1v) is 10.5. The number of amides is 2. The molecule has 33 heavy (non-hydrogen) atoms. The quantitative estimate of drug-likeness (QED) is 0.398. The summed E-state index contributed by atoms with van der Waals surface area (Å²) < 4.78 is 34.0. The number of carbonyl (C=O) groups excluding carboxylic acids is 3. The van der Waals surface area contributed by atoms with Gasteiger partial charge in [-0.2, -0.15) is 13.9 Å². The predicted octanol–water partition coefficient (Wildman–Crippen LogP) is 3.97. The van der Waals surface area contributed by atoms with Gasteiger partial charge in [-0.3, -0.25) is 14.7 Å². The number of H-pyrrole nitrogens is 1. The molecule has 9 nitrogen and oxygen atoms in total. The van der Waals surface area contributed by atoms with Gasteiger partial charge >= 0.3 is 12.6 Å². The van der Waals surface area contributed by atoms with E-state index in [0.29, 0.717) is 23.2 Å². The number of benzene rings is 1. The van der Waals surface area contributed by atoms with Crippen molar-refractivity contribution in [2.75, 3.05) is 11.9 Å². The van der Waals surface area contributed by atoms with Gasteiger partial charge in [-0.25, -0.2) is 4.79 Å². The molecule has 0 aliphatic carbocycles. The van der Waals surface area contributed by atoms with Crippen LogP contribution >= 0.6 is 11.3 Å². The number of nitrogens with two attached hydrogens (primary N) is 1. The minimum absolute atomic E-state index is 0.0111. The Morgan fingerprint density at radius 2 is 1.94 bits per heavy atom. The third kappa shape index (κ3) is 5.52. The lowest BCUT2D eigenvalue weighted by molar-refractivity contribution is -0.0498. The molecular formula is C21H20F2N4O5S. The molecule has 0 saturated carbocycles. The highest BCUT2D eigenvalue weighted by atomic mass is 32.1. The lowest BCUT2D eigenvalue weighted by Crippen LogP contribution is -2.15. The number of esters is 1. The maximum atomic E-state index is 12.8. The SMILES string of the molecule is CCCOC(=O)c1c(NC(=O)c2cc(-c3ccc(OC(F)F)cc3)n[nH]2)sc(C(N)=O)c1C. The third-order valence-electron chi connectivity index (χ3n) is 4.44. The number of carbonyl (C=O) groups is 3. The summed E-state index contributed by atoms with van der Waals surface area (Å²) in [5, 5.41) is 9.35.